The summed E-state index contributed by atoms with van der Waals surface area (Å²) >= 11 is 0. The van der Waals surface area contributed by atoms with Crippen LogP contribution < -0.4 is 4.74 Å². The van der Waals surface area contributed by atoms with Crippen LogP contribution in [0.3, 0.4) is 0 Å². The van der Waals surface area contributed by atoms with Gasteiger partial charge >= 0.3 is 5.97 Å². The van der Waals surface area contributed by atoms with Gasteiger partial charge in [0.2, 0.25) is 0 Å². The summed E-state index contributed by atoms with van der Waals surface area (Å²) in [4.78, 5) is 11.4. The smallest absolute Gasteiger partial charge is 0.304 e. The predicted octanol–water partition coefficient (Wildman–Crippen LogP) is 5.66. The molecule has 0 spiro atoms. The lowest BCUT2D eigenvalue weighted by molar-refractivity contribution is -0.137. The maximum Gasteiger partial charge on any atom is 0.304 e. The molecule has 0 saturated carbocycles. The highest BCUT2D eigenvalue weighted by molar-refractivity contribution is 5.78. The third-order valence-electron chi connectivity index (χ3n) is 5.93. The first-order chi connectivity index (χ1) is 17.0. The second kappa shape index (κ2) is 9.80. The van der Waals surface area contributed by atoms with E-state index in [1.807, 2.05) is 42.5 Å². The summed E-state index contributed by atoms with van der Waals surface area (Å²) in [7, 11) is 0. The van der Waals surface area contributed by atoms with Crippen LogP contribution in [0.5, 0.6) is 5.75 Å². The minimum atomic E-state index is -0.924. The first-order valence-corrected chi connectivity index (χ1v) is 11.1. The summed E-state index contributed by atoms with van der Waals surface area (Å²) in [5.41, 5.74) is 4.13. The molecule has 0 aliphatic carbocycles. The molecule has 35 heavy (non-hydrogen) atoms. The summed E-state index contributed by atoms with van der Waals surface area (Å²) in [6.45, 7) is 0. The zero-order valence-electron chi connectivity index (χ0n) is 18.6. The van der Waals surface area contributed by atoms with E-state index >= 15 is 0 Å². The van der Waals surface area contributed by atoms with E-state index in [1.54, 1.807) is 24.4 Å². The maximum absolute atomic E-state index is 13.4. The van der Waals surface area contributed by atoms with Crippen molar-refractivity contribution in [3.05, 3.63) is 113 Å². The quantitative estimate of drug-likeness (QED) is 0.288. The Balaban J connectivity index is 1.42. The first-order valence-electron chi connectivity index (χ1n) is 11.1. The number of ether oxygens (including phenoxy) is 1. The fraction of sp³-hybridized carbons (Fsp3) is 0.148. The number of carboxylic acid groups (broad SMARTS) is 1. The molecule has 0 fully saturated rings. The molecule has 5 aromatic rings. The van der Waals surface area contributed by atoms with Crippen molar-refractivity contribution in [3.8, 4) is 5.75 Å². The molecule has 5 rings (SSSR count). The second-order valence-corrected chi connectivity index (χ2v) is 8.30. The van der Waals surface area contributed by atoms with E-state index in [4.69, 9.17) is 9.26 Å². The molecular weight excluding hydrogens is 449 g/mol. The number of aromatic amines is 1. The molecule has 0 amide bonds. The number of H-pyrrole nitrogens is 1. The second-order valence-electron chi connectivity index (χ2n) is 8.30. The Morgan fingerprint density at radius 3 is 2.51 bits per heavy atom. The molecule has 0 aliphatic heterocycles. The number of hydrogen-bond acceptors (Lipinski definition) is 5. The van der Waals surface area contributed by atoms with Gasteiger partial charge in [-0.1, -0.05) is 41.6 Å². The molecule has 0 saturated heterocycles. The third-order valence-corrected chi connectivity index (χ3v) is 5.93. The lowest BCUT2D eigenvalue weighted by Crippen LogP contribution is -2.12. The Hall–Kier alpha value is -4.46. The highest BCUT2D eigenvalue weighted by Gasteiger charge is 2.21. The fourth-order valence-electron chi connectivity index (χ4n) is 4.13. The number of hydrogen-bond donors (Lipinski definition) is 2. The van der Waals surface area contributed by atoms with Gasteiger partial charge in [-0.2, -0.15) is 5.10 Å². The molecule has 0 aliphatic rings. The zero-order chi connectivity index (χ0) is 24.2. The van der Waals surface area contributed by atoms with Gasteiger partial charge in [0.25, 0.3) is 0 Å². The van der Waals surface area contributed by atoms with Crippen LogP contribution in [0.2, 0.25) is 0 Å². The minimum Gasteiger partial charge on any atom is -0.485 e. The van der Waals surface area contributed by atoms with Crippen LogP contribution in [-0.2, 0) is 11.2 Å². The number of fused-ring (bicyclic) bond motifs is 1. The SMILES string of the molecule is O=C(O)CC(c1ccc(OC(Cc2ccc(F)cc2)c2ccc3cn[nH]c3c2)cc1)c1ccon1. The molecule has 176 valence electrons. The van der Waals surface area contributed by atoms with Crippen LogP contribution in [0, 0.1) is 5.82 Å². The van der Waals surface area contributed by atoms with E-state index in [9.17, 15) is 14.3 Å². The summed E-state index contributed by atoms with van der Waals surface area (Å²) in [5.74, 6) is -1.02. The number of halogens is 1. The van der Waals surface area contributed by atoms with Crippen molar-refractivity contribution in [2.24, 2.45) is 0 Å². The lowest BCUT2D eigenvalue weighted by Gasteiger charge is -2.21. The van der Waals surface area contributed by atoms with E-state index in [2.05, 4.69) is 15.4 Å². The summed E-state index contributed by atoms with van der Waals surface area (Å²) in [6.07, 6.45) is 3.27. The maximum atomic E-state index is 13.4. The average molecular weight is 471 g/mol. The molecule has 3 aromatic carbocycles. The van der Waals surface area contributed by atoms with Gasteiger partial charge < -0.3 is 14.4 Å². The van der Waals surface area contributed by atoms with Crippen molar-refractivity contribution < 1.29 is 23.6 Å². The zero-order valence-corrected chi connectivity index (χ0v) is 18.6. The molecule has 7 nitrogen and oxygen atoms in total. The first kappa shape index (κ1) is 22.3. The molecular formula is C27H22FN3O4. The van der Waals surface area contributed by atoms with E-state index in [1.165, 1.54) is 18.4 Å². The van der Waals surface area contributed by atoms with Crippen molar-refractivity contribution in [1.82, 2.24) is 15.4 Å². The number of benzene rings is 3. The highest BCUT2D eigenvalue weighted by atomic mass is 19.1. The number of carbonyl (C=O) groups is 1. The van der Waals surface area contributed by atoms with Gasteiger partial charge in [-0.3, -0.25) is 9.89 Å². The standard InChI is InChI=1S/C27H22FN3O4/c28-21-7-1-17(2-8-21)13-26(19-3-4-20-16-29-30-25(20)14-19)35-22-9-5-18(6-10-22)23(15-27(32)33)24-11-12-34-31-24/h1-12,14,16,23,26H,13,15H2,(H,29,30)(H,32,33). The van der Waals surface area contributed by atoms with Crippen LogP contribution >= 0.6 is 0 Å². The van der Waals surface area contributed by atoms with Gasteiger partial charge in [-0.05, 0) is 47.0 Å². The highest BCUT2D eigenvalue weighted by Crippen LogP contribution is 2.31. The molecule has 8 heteroatoms. The Bertz CT molecular complexity index is 1410. The van der Waals surface area contributed by atoms with Gasteiger partial charge in [-0.15, -0.1) is 0 Å². The number of aliphatic carboxylic acids is 1. The van der Waals surface area contributed by atoms with Crippen LogP contribution in [-0.4, -0.2) is 26.4 Å². The monoisotopic (exact) mass is 471 g/mol. The molecule has 2 atom stereocenters. The van der Waals surface area contributed by atoms with Gasteiger partial charge in [0.1, 0.15) is 23.9 Å². The molecule has 0 radical (unpaired) electrons. The summed E-state index contributed by atoms with van der Waals surface area (Å²) in [5, 5.41) is 21.3. The number of nitrogens with zero attached hydrogens (tertiary/aromatic N) is 2. The average Bonchev–Trinajstić information content (AvgIpc) is 3.56. The predicted molar refractivity (Wildman–Crippen MR) is 127 cm³/mol. The van der Waals surface area contributed by atoms with E-state index in [0.717, 1.165) is 27.6 Å². The number of carboxylic acids is 1. The van der Waals surface area contributed by atoms with E-state index in [-0.39, 0.29) is 18.3 Å². The van der Waals surface area contributed by atoms with E-state index in [0.29, 0.717) is 17.9 Å². The van der Waals surface area contributed by atoms with Crippen LogP contribution in [0.1, 0.15) is 40.8 Å². The molecule has 2 heterocycles. The van der Waals surface area contributed by atoms with Gasteiger partial charge in [-0.25, -0.2) is 4.39 Å². The minimum absolute atomic E-state index is 0.107. The Morgan fingerprint density at radius 1 is 1.03 bits per heavy atom. The molecule has 2 unspecified atom stereocenters. The van der Waals surface area contributed by atoms with Crippen molar-refractivity contribution in [3.63, 3.8) is 0 Å². The lowest BCUT2D eigenvalue weighted by atomic mass is 9.92. The Kier molecular flexibility index (Phi) is 6.26. The number of nitrogens with one attached hydrogen (secondary N) is 1. The molecule has 0 bridgehead atoms. The largest absolute Gasteiger partial charge is 0.485 e. The molecule has 2 N–H and O–H groups in total. The number of rotatable bonds is 9. The van der Waals surface area contributed by atoms with Crippen molar-refractivity contribution in [1.29, 1.82) is 0 Å². The van der Waals surface area contributed by atoms with E-state index < -0.39 is 11.9 Å². The third kappa shape index (κ3) is 5.22. The normalized spacial score (nSPS) is 12.9. The van der Waals surface area contributed by atoms with Crippen molar-refractivity contribution >= 4 is 16.9 Å². The van der Waals surface area contributed by atoms with Gasteiger partial charge in [0.05, 0.1) is 23.8 Å². The molecule has 2 aromatic heterocycles. The van der Waals surface area contributed by atoms with Gasteiger partial charge in [0.15, 0.2) is 0 Å². The topological polar surface area (TPSA) is 101 Å². The van der Waals surface area contributed by atoms with Crippen LogP contribution in [0.15, 0.2) is 89.8 Å². The summed E-state index contributed by atoms with van der Waals surface area (Å²) < 4.78 is 24.7. The Labute approximate surface area is 200 Å². The van der Waals surface area contributed by atoms with Crippen molar-refractivity contribution in [2.45, 2.75) is 24.9 Å². The Morgan fingerprint density at radius 2 is 1.80 bits per heavy atom. The fourth-order valence-corrected chi connectivity index (χ4v) is 4.13. The van der Waals surface area contributed by atoms with Gasteiger partial charge in [0, 0.05) is 23.8 Å². The summed E-state index contributed by atoms with van der Waals surface area (Å²) in [6, 6.07) is 21.3. The number of aromatic nitrogens is 3. The van der Waals surface area contributed by atoms with Crippen LogP contribution in [0.4, 0.5) is 4.39 Å². The van der Waals surface area contributed by atoms with Crippen molar-refractivity contribution in [2.75, 3.05) is 0 Å². The van der Waals surface area contributed by atoms with Crippen LogP contribution in [0.25, 0.3) is 10.9 Å².